The van der Waals surface area contributed by atoms with Crippen LogP contribution in [0.3, 0.4) is 0 Å². The number of aromatic nitrogens is 1. The second-order valence-corrected chi connectivity index (χ2v) is 3.67. The summed E-state index contributed by atoms with van der Waals surface area (Å²) < 4.78 is 2.01. The van der Waals surface area contributed by atoms with Crippen LogP contribution in [0, 0.1) is 0 Å². The van der Waals surface area contributed by atoms with Crippen LogP contribution in [0.1, 0.15) is 25.3 Å². The molecular formula is C11H21IN4. The van der Waals surface area contributed by atoms with Crippen LogP contribution < -0.4 is 11.1 Å². The van der Waals surface area contributed by atoms with Crippen molar-refractivity contribution < 1.29 is 0 Å². The Kier molecular flexibility index (Phi) is 8.05. The summed E-state index contributed by atoms with van der Waals surface area (Å²) in [6.07, 6.45) is 6.34. The summed E-state index contributed by atoms with van der Waals surface area (Å²) in [6.45, 7) is 3.70. The minimum absolute atomic E-state index is 0. The summed E-state index contributed by atoms with van der Waals surface area (Å²) in [6, 6.07) is 2.04. The molecule has 0 bridgehead atoms. The number of halogens is 1. The van der Waals surface area contributed by atoms with Gasteiger partial charge in [0.2, 0.25) is 0 Å². The topological polar surface area (TPSA) is 55.3 Å². The molecule has 0 aliphatic rings. The van der Waals surface area contributed by atoms with Gasteiger partial charge in [-0.3, -0.25) is 0 Å². The molecule has 0 aliphatic heterocycles. The molecule has 0 amide bonds. The van der Waals surface area contributed by atoms with Crippen LogP contribution in [-0.4, -0.2) is 17.1 Å². The molecule has 0 saturated carbocycles. The zero-order chi connectivity index (χ0) is 11.1. The highest BCUT2D eigenvalue weighted by molar-refractivity contribution is 14.0. The van der Waals surface area contributed by atoms with Crippen molar-refractivity contribution in [1.29, 1.82) is 0 Å². The Morgan fingerprint density at radius 3 is 2.88 bits per heavy atom. The van der Waals surface area contributed by atoms with Gasteiger partial charge < -0.3 is 15.6 Å². The van der Waals surface area contributed by atoms with Crippen LogP contribution in [0.4, 0.5) is 0 Å². The zero-order valence-electron chi connectivity index (χ0n) is 9.94. The smallest absolute Gasteiger partial charge is 0.188 e. The highest BCUT2D eigenvalue weighted by Gasteiger charge is 1.94. The predicted octanol–water partition coefficient (Wildman–Crippen LogP) is 1.85. The lowest BCUT2D eigenvalue weighted by molar-refractivity contribution is 0.748. The molecule has 0 spiro atoms. The summed E-state index contributed by atoms with van der Waals surface area (Å²) in [7, 11) is 2.00. The SMILES string of the molecule is CCCCNC(N)=NCc1ccn(C)c1.I. The monoisotopic (exact) mass is 336 g/mol. The third-order valence-electron chi connectivity index (χ3n) is 2.16. The molecule has 0 fully saturated rings. The molecule has 1 rings (SSSR count). The number of hydrogen-bond donors (Lipinski definition) is 2. The minimum Gasteiger partial charge on any atom is -0.370 e. The average molecular weight is 336 g/mol. The molecule has 0 aromatic carbocycles. The number of rotatable bonds is 5. The van der Waals surface area contributed by atoms with Crippen LogP contribution in [0.5, 0.6) is 0 Å². The van der Waals surface area contributed by atoms with Gasteiger partial charge in [0, 0.05) is 26.0 Å². The molecule has 4 nitrogen and oxygen atoms in total. The van der Waals surface area contributed by atoms with E-state index >= 15 is 0 Å². The zero-order valence-corrected chi connectivity index (χ0v) is 12.3. The Hall–Kier alpha value is -0.720. The molecule has 16 heavy (non-hydrogen) atoms. The van der Waals surface area contributed by atoms with Crippen LogP contribution in [0.25, 0.3) is 0 Å². The Balaban J connectivity index is 0.00000225. The number of guanidine groups is 1. The number of aliphatic imine (C=N–C) groups is 1. The van der Waals surface area contributed by atoms with Crippen molar-refractivity contribution in [3.05, 3.63) is 24.0 Å². The summed E-state index contributed by atoms with van der Waals surface area (Å²) >= 11 is 0. The number of hydrogen-bond acceptors (Lipinski definition) is 1. The Bertz CT molecular complexity index is 320. The quantitative estimate of drug-likeness (QED) is 0.373. The normalized spacial score (nSPS) is 11.0. The highest BCUT2D eigenvalue weighted by Crippen LogP contribution is 2.00. The molecular weight excluding hydrogens is 315 g/mol. The van der Waals surface area contributed by atoms with E-state index in [1.54, 1.807) is 0 Å². The van der Waals surface area contributed by atoms with E-state index in [-0.39, 0.29) is 24.0 Å². The molecule has 0 radical (unpaired) electrons. The first kappa shape index (κ1) is 15.3. The summed E-state index contributed by atoms with van der Waals surface area (Å²) in [4.78, 5) is 4.25. The van der Waals surface area contributed by atoms with Gasteiger partial charge in [-0.2, -0.15) is 0 Å². The molecule has 5 heteroatoms. The fourth-order valence-corrected chi connectivity index (χ4v) is 1.28. The van der Waals surface area contributed by atoms with Crippen molar-refractivity contribution in [3.63, 3.8) is 0 Å². The van der Waals surface area contributed by atoms with Gasteiger partial charge in [-0.05, 0) is 18.1 Å². The molecule has 3 N–H and O–H groups in total. The van der Waals surface area contributed by atoms with E-state index in [0.29, 0.717) is 12.5 Å². The second kappa shape index (κ2) is 8.43. The molecule has 92 valence electrons. The standard InChI is InChI=1S/C11H20N4.HI/c1-3-4-6-13-11(12)14-8-10-5-7-15(2)9-10;/h5,7,9H,3-4,6,8H2,1-2H3,(H3,12,13,14);1H. The molecule has 1 heterocycles. The van der Waals surface area contributed by atoms with Crippen molar-refractivity contribution in [1.82, 2.24) is 9.88 Å². The maximum absolute atomic E-state index is 5.70. The van der Waals surface area contributed by atoms with E-state index in [4.69, 9.17) is 5.73 Å². The van der Waals surface area contributed by atoms with Gasteiger partial charge in [-0.15, -0.1) is 24.0 Å². The minimum atomic E-state index is 0. The molecule has 0 unspecified atom stereocenters. The van der Waals surface area contributed by atoms with Crippen molar-refractivity contribution in [2.45, 2.75) is 26.3 Å². The van der Waals surface area contributed by atoms with E-state index in [0.717, 1.165) is 13.0 Å². The predicted molar refractivity (Wildman–Crippen MR) is 79.1 cm³/mol. The Morgan fingerprint density at radius 2 is 2.31 bits per heavy atom. The van der Waals surface area contributed by atoms with E-state index in [1.165, 1.54) is 12.0 Å². The van der Waals surface area contributed by atoms with Gasteiger partial charge in [-0.25, -0.2) is 4.99 Å². The molecule has 0 saturated heterocycles. The lowest BCUT2D eigenvalue weighted by atomic mass is 10.3. The number of aryl methyl sites for hydroxylation is 1. The molecule has 0 atom stereocenters. The van der Waals surface area contributed by atoms with Crippen LogP contribution in [0.15, 0.2) is 23.5 Å². The van der Waals surface area contributed by atoms with Crippen molar-refractivity contribution >= 4 is 29.9 Å². The molecule has 1 aromatic heterocycles. The first-order valence-corrected chi connectivity index (χ1v) is 5.37. The second-order valence-electron chi connectivity index (χ2n) is 3.67. The summed E-state index contributed by atoms with van der Waals surface area (Å²) in [5.74, 6) is 0.535. The van der Waals surface area contributed by atoms with E-state index in [9.17, 15) is 0 Å². The molecule has 1 aromatic rings. The van der Waals surface area contributed by atoms with Gasteiger partial charge in [0.05, 0.1) is 6.54 Å². The first-order chi connectivity index (χ1) is 7.22. The molecule has 0 aliphatic carbocycles. The number of nitrogens with one attached hydrogen (secondary N) is 1. The van der Waals surface area contributed by atoms with Gasteiger partial charge in [0.1, 0.15) is 0 Å². The van der Waals surface area contributed by atoms with Crippen molar-refractivity contribution in [2.75, 3.05) is 6.54 Å². The van der Waals surface area contributed by atoms with E-state index in [2.05, 4.69) is 17.2 Å². The van der Waals surface area contributed by atoms with Gasteiger partial charge in [0.15, 0.2) is 5.96 Å². The number of nitrogens with two attached hydrogens (primary N) is 1. The van der Waals surface area contributed by atoms with Crippen molar-refractivity contribution in [3.8, 4) is 0 Å². The summed E-state index contributed by atoms with van der Waals surface area (Å²) in [5.41, 5.74) is 6.88. The Morgan fingerprint density at radius 1 is 1.56 bits per heavy atom. The fraction of sp³-hybridized carbons (Fsp3) is 0.545. The van der Waals surface area contributed by atoms with Crippen molar-refractivity contribution in [2.24, 2.45) is 17.8 Å². The van der Waals surface area contributed by atoms with Crippen LogP contribution in [-0.2, 0) is 13.6 Å². The maximum Gasteiger partial charge on any atom is 0.188 e. The fourth-order valence-electron chi connectivity index (χ4n) is 1.28. The van der Waals surface area contributed by atoms with Gasteiger partial charge in [-0.1, -0.05) is 13.3 Å². The van der Waals surface area contributed by atoms with Gasteiger partial charge in [0.25, 0.3) is 0 Å². The average Bonchev–Trinajstić information content (AvgIpc) is 2.62. The van der Waals surface area contributed by atoms with E-state index in [1.807, 2.05) is 30.1 Å². The lowest BCUT2D eigenvalue weighted by Crippen LogP contribution is -2.32. The van der Waals surface area contributed by atoms with E-state index < -0.39 is 0 Å². The number of nitrogens with zero attached hydrogens (tertiary/aromatic N) is 2. The van der Waals surface area contributed by atoms with Crippen LogP contribution in [0.2, 0.25) is 0 Å². The van der Waals surface area contributed by atoms with Crippen LogP contribution >= 0.6 is 24.0 Å². The first-order valence-electron chi connectivity index (χ1n) is 5.37. The number of unbranched alkanes of at least 4 members (excludes halogenated alkanes) is 1. The summed E-state index contributed by atoms with van der Waals surface area (Å²) in [5, 5.41) is 3.08. The lowest BCUT2D eigenvalue weighted by Gasteiger charge is -2.03. The maximum atomic E-state index is 5.70. The van der Waals surface area contributed by atoms with Gasteiger partial charge >= 0.3 is 0 Å². The highest BCUT2D eigenvalue weighted by atomic mass is 127. The Labute approximate surface area is 114 Å². The third kappa shape index (κ3) is 5.99. The largest absolute Gasteiger partial charge is 0.370 e. The third-order valence-corrected chi connectivity index (χ3v) is 2.16.